The zero-order valence-electron chi connectivity index (χ0n) is 18.6. The minimum Gasteiger partial charge on any atom is -0.467 e. The van der Waals surface area contributed by atoms with Gasteiger partial charge in [0.2, 0.25) is 0 Å². The minimum absolute atomic E-state index is 0. The Balaban J connectivity index is 0.00000289. The maximum absolute atomic E-state index is 14.0. The summed E-state index contributed by atoms with van der Waals surface area (Å²) in [6, 6.07) is 13.6. The highest BCUT2D eigenvalue weighted by molar-refractivity contribution is 14.0. The SMILES string of the molecule is CCNC(=NCCc1cc(F)cc2c1OCOC2)N1CCN(Cc2ccccc2)CC1.I. The second-order valence-corrected chi connectivity index (χ2v) is 7.90. The van der Waals surface area contributed by atoms with E-state index in [0.29, 0.717) is 19.6 Å². The molecule has 0 atom stereocenters. The monoisotopic (exact) mass is 554 g/mol. The van der Waals surface area contributed by atoms with Crippen molar-refractivity contribution in [2.45, 2.75) is 26.5 Å². The van der Waals surface area contributed by atoms with Crippen LogP contribution in [0, 0.1) is 5.82 Å². The minimum atomic E-state index is -0.256. The van der Waals surface area contributed by atoms with E-state index in [0.717, 1.165) is 62.1 Å². The molecular formula is C24H32FIN4O2. The Labute approximate surface area is 206 Å². The summed E-state index contributed by atoms with van der Waals surface area (Å²) < 4.78 is 24.9. The number of nitrogens with zero attached hydrogens (tertiary/aromatic N) is 3. The van der Waals surface area contributed by atoms with Gasteiger partial charge < -0.3 is 19.7 Å². The number of guanidine groups is 1. The molecule has 0 radical (unpaired) electrons. The van der Waals surface area contributed by atoms with Gasteiger partial charge in [0, 0.05) is 51.4 Å². The van der Waals surface area contributed by atoms with E-state index in [4.69, 9.17) is 14.5 Å². The van der Waals surface area contributed by atoms with Crippen molar-refractivity contribution < 1.29 is 13.9 Å². The van der Waals surface area contributed by atoms with Crippen LogP contribution in [0.25, 0.3) is 0 Å². The largest absolute Gasteiger partial charge is 0.467 e. The molecule has 2 aromatic rings. The quantitative estimate of drug-likeness (QED) is 0.336. The van der Waals surface area contributed by atoms with E-state index < -0.39 is 0 Å². The first kappa shape index (κ1) is 24.7. The number of hydrogen-bond acceptors (Lipinski definition) is 4. The summed E-state index contributed by atoms with van der Waals surface area (Å²) in [5.41, 5.74) is 2.97. The van der Waals surface area contributed by atoms with Crippen LogP contribution in [0.5, 0.6) is 5.75 Å². The van der Waals surface area contributed by atoms with Crippen molar-refractivity contribution in [3.63, 3.8) is 0 Å². The van der Waals surface area contributed by atoms with Crippen molar-refractivity contribution in [3.8, 4) is 5.75 Å². The third kappa shape index (κ3) is 6.55. The van der Waals surface area contributed by atoms with Gasteiger partial charge in [-0.1, -0.05) is 30.3 Å². The normalized spacial score (nSPS) is 16.7. The second-order valence-electron chi connectivity index (χ2n) is 7.90. The smallest absolute Gasteiger partial charge is 0.194 e. The Morgan fingerprint density at radius 3 is 2.66 bits per heavy atom. The van der Waals surface area contributed by atoms with Gasteiger partial charge in [-0.05, 0) is 36.6 Å². The molecule has 1 saturated heterocycles. The lowest BCUT2D eigenvalue weighted by molar-refractivity contribution is -0.0172. The van der Waals surface area contributed by atoms with Crippen LogP contribution in [-0.4, -0.2) is 61.8 Å². The first-order chi connectivity index (χ1) is 15.2. The van der Waals surface area contributed by atoms with Gasteiger partial charge in [-0.2, -0.15) is 0 Å². The third-order valence-electron chi connectivity index (χ3n) is 5.65. The fraction of sp³-hybridized carbons (Fsp3) is 0.458. The lowest BCUT2D eigenvalue weighted by atomic mass is 10.1. The number of aliphatic imine (C=N–C) groups is 1. The van der Waals surface area contributed by atoms with Crippen molar-refractivity contribution in [1.82, 2.24) is 15.1 Å². The summed E-state index contributed by atoms with van der Waals surface area (Å²) in [7, 11) is 0. The van der Waals surface area contributed by atoms with Crippen LogP contribution >= 0.6 is 24.0 Å². The average molecular weight is 554 g/mol. The number of nitrogens with one attached hydrogen (secondary N) is 1. The van der Waals surface area contributed by atoms with Gasteiger partial charge in [-0.25, -0.2) is 4.39 Å². The molecule has 32 heavy (non-hydrogen) atoms. The van der Waals surface area contributed by atoms with E-state index >= 15 is 0 Å². The molecule has 6 nitrogen and oxygen atoms in total. The summed E-state index contributed by atoms with van der Waals surface area (Å²) in [6.45, 7) is 8.95. The number of fused-ring (bicyclic) bond motifs is 1. The first-order valence-electron chi connectivity index (χ1n) is 11.0. The molecule has 2 aliphatic rings. The van der Waals surface area contributed by atoms with E-state index in [2.05, 4.69) is 52.4 Å². The van der Waals surface area contributed by atoms with Gasteiger partial charge in [0.05, 0.1) is 6.61 Å². The van der Waals surface area contributed by atoms with Crippen LogP contribution in [0.15, 0.2) is 47.5 Å². The summed E-state index contributed by atoms with van der Waals surface area (Å²) in [5.74, 6) is 1.42. The van der Waals surface area contributed by atoms with Crippen molar-refractivity contribution >= 4 is 29.9 Å². The highest BCUT2D eigenvalue weighted by Gasteiger charge is 2.20. The highest BCUT2D eigenvalue weighted by Crippen LogP contribution is 2.29. The van der Waals surface area contributed by atoms with E-state index in [1.807, 2.05) is 0 Å². The van der Waals surface area contributed by atoms with Gasteiger partial charge in [-0.15, -0.1) is 24.0 Å². The molecule has 2 aromatic carbocycles. The molecule has 4 rings (SSSR count). The summed E-state index contributed by atoms with van der Waals surface area (Å²) in [5, 5.41) is 3.41. The molecule has 0 saturated carbocycles. The van der Waals surface area contributed by atoms with Gasteiger partial charge in [0.1, 0.15) is 11.6 Å². The molecular weight excluding hydrogens is 522 g/mol. The van der Waals surface area contributed by atoms with Crippen molar-refractivity contribution in [2.24, 2.45) is 4.99 Å². The molecule has 2 heterocycles. The second kappa shape index (κ2) is 12.4. The third-order valence-corrected chi connectivity index (χ3v) is 5.65. The summed E-state index contributed by atoms with van der Waals surface area (Å²) in [4.78, 5) is 9.62. The van der Waals surface area contributed by atoms with Crippen molar-refractivity contribution in [3.05, 3.63) is 65.0 Å². The first-order valence-corrected chi connectivity index (χ1v) is 11.0. The Kier molecular flexibility index (Phi) is 9.55. The molecule has 174 valence electrons. The van der Waals surface area contributed by atoms with Gasteiger partial charge in [0.15, 0.2) is 12.8 Å². The van der Waals surface area contributed by atoms with Crippen molar-refractivity contribution in [1.29, 1.82) is 0 Å². The zero-order valence-corrected chi connectivity index (χ0v) is 20.9. The van der Waals surface area contributed by atoms with E-state index in [-0.39, 0.29) is 36.6 Å². The van der Waals surface area contributed by atoms with Gasteiger partial charge in [-0.3, -0.25) is 9.89 Å². The van der Waals surface area contributed by atoms with E-state index in [1.165, 1.54) is 11.6 Å². The summed E-state index contributed by atoms with van der Waals surface area (Å²) in [6.07, 6.45) is 0.628. The fourth-order valence-electron chi connectivity index (χ4n) is 4.11. The number of piperazine rings is 1. The van der Waals surface area contributed by atoms with Crippen LogP contribution in [-0.2, 0) is 24.3 Å². The van der Waals surface area contributed by atoms with Crippen LogP contribution in [0.1, 0.15) is 23.6 Å². The molecule has 0 unspecified atom stereocenters. The standard InChI is InChI=1S/C24H31FN4O2.HI/c1-2-26-24(29-12-10-28(11-13-29)16-19-6-4-3-5-7-19)27-9-8-20-14-22(25)15-21-17-30-18-31-23(20)21;/h3-7,14-15H,2,8-13,16-18H2,1H3,(H,26,27);1H. The maximum Gasteiger partial charge on any atom is 0.194 e. The Hall–Kier alpha value is -1.91. The van der Waals surface area contributed by atoms with Gasteiger partial charge >= 0.3 is 0 Å². The van der Waals surface area contributed by atoms with Gasteiger partial charge in [0.25, 0.3) is 0 Å². The van der Waals surface area contributed by atoms with Crippen molar-refractivity contribution in [2.75, 3.05) is 46.1 Å². The molecule has 0 aliphatic carbocycles. The molecule has 0 amide bonds. The molecule has 8 heteroatoms. The number of rotatable bonds is 6. The predicted octanol–water partition coefficient (Wildman–Crippen LogP) is 3.64. The zero-order chi connectivity index (χ0) is 21.5. The highest BCUT2D eigenvalue weighted by atomic mass is 127. The Bertz CT molecular complexity index is 889. The number of benzene rings is 2. The van der Waals surface area contributed by atoms with Crippen LogP contribution in [0.4, 0.5) is 4.39 Å². The number of hydrogen-bond donors (Lipinski definition) is 1. The molecule has 0 bridgehead atoms. The van der Waals surface area contributed by atoms with E-state index in [9.17, 15) is 4.39 Å². The Morgan fingerprint density at radius 2 is 1.91 bits per heavy atom. The molecule has 0 spiro atoms. The lowest BCUT2D eigenvalue weighted by Gasteiger charge is -2.36. The van der Waals surface area contributed by atoms with E-state index in [1.54, 1.807) is 6.07 Å². The fourth-order valence-corrected chi connectivity index (χ4v) is 4.11. The predicted molar refractivity (Wildman–Crippen MR) is 135 cm³/mol. The molecule has 1 N–H and O–H groups in total. The number of ether oxygens (including phenoxy) is 2. The van der Waals surface area contributed by atoms with Crippen LogP contribution in [0.3, 0.4) is 0 Å². The molecule has 0 aromatic heterocycles. The lowest BCUT2D eigenvalue weighted by Crippen LogP contribution is -2.52. The molecule has 2 aliphatic heterocycles. The van der Waals surface area contributed by atoms with Crippen LogP contribution in [0.2, 0.25) is 0 Å². The summed E-state index contributed by atoms with van der Waals surface area (Å²) >= 11 is 0. The van der Waals surface area contributed by atoms with Crippen LogP contribution < -0.4 is 10.1 Å². The average Bonchev–Trinajstić information content (AvgIpc) is 2.79. The number of halogens is 2. The topological polar surface area (TPSA) is 49.3 Å². The molecule has 1 fully saturated rings. The maximum atomic E-state index is 14.0. The Morgan fingerprint density at radius 1 is 1.12 bits per heavy atom.